The molecule has 0 unspecified atom stereocenters. The Hall–Kier alpha value is -5.24. The molecule has 1 heterocycles. The fourth-order valence-corrected chi connectivity index (χ4v) is 4.59. The van der Waals surface area contributed by atoms with Gasteiger partial charge in [-0.25, -0.2) is 4.79 Å². The van der Waals surface area contributed by atoms with E-state index >= 15 is 0 Å². The quantitative estimate of drug-likeness (QED) is 0.0912. The van der Waals surface area contributed by atoms with Gasteiger partial charge in [0.2, 0.25) is 0 Å². The second-order valence-corrected chi connectivity index (χ2v) is 9.85. The SMILES string of the molecule is Cc1ccc(/C(COc2ccc3c(C)c(Cc4ccccc4)c(=O)oc3c2C)=N\Nc2ccc([N+](=O)[O-])cc2)cc1. The van der Waals surface area contributed by atoms with Gasteiger partial charge in [-0.05, 0) is 56.2 Å². The van der Waals surface area contributed by atoms with E-state index in [1.165, 1.54) is 12.1 Å². The fraction of sp³-hybridized carbons (Fsp3) is 0.152. The lowest BCUT2D eigenvalue weighted by molar-refractivity contribution is -0.384. The van der Waals surface area contributed by atoms with E-state index in [-0.39, 0.29) is 17.9 Å². The average molecular weight is 548 g/mol. The molecule has 8 heteroatoms. The largest absolute Gasteiger partial charge is 0.487 e. The smallest absolute Gasteiger partial charge is 0.340 e. The predicted molar refractivity (Wildman–Crippen MR) is 161 cm³/mol. The zero-order chi connectivity index (χ0) is 28.9. The molecule has 0 radical (unpaired) electrons. The molecular weight excluding hydrogens is 518 g/mol. The summed E-state index contributed by atoms with van der Waals surface area (Å²) in [5.41, 5.74) is 9.62. The molecule has 0 aliphatic rings. The number of hydrogen-bond donors (Lipinski definition) is 1. The molecule has 0 bridgehead atoms. The number of nitrogens with zero attached hydrogens (tertiary/aromatic N) is 2. The number of rotatable bonds is 9. The van der Waals surface area contributed by atoms with Crippen LogP contribution in [0.5, 0.6) is 5.75 Å². The van der Waals surface area contributed by atoms with Gasteiger partial charge in [0.05, 0.1) is 10.6 Å². The molecule has 4 aromatic carbocycles. The number of anilines is 1. The number of fused-ring (bicyclic) bond motifs is 1. The average Bonchev–Trinajstić information content (AvgIpc) is 2.98. The van der Waals surface area contributed by atoms with E-state index in [2.05, 4.69) is 10.5 Å². The monoisotopic (exact) mass is 547 g/mol. The van der Waals surface area contributed by atoms with Crippen LogP contribution >= 0.6 is 0 Å². The van der Waals surface area contributed by atoms with Crippen molar-refractivity contribution in [2.24, 2.45) is 5.10 Å². The van der Waals surface area contributed by atoms with Crippen LogP contribution in [-0.2, 0) is 6.42 Å². The van der Waals surface area contributed by atoms with Crippen molar-refractivity contribution >= 4 is 28.1 Å². The Morgan fingerprint density at radius 2 is 1.61 bits per heavy atom. The Morgan fingerprint density at radius 1 is 0.902 bits per heavy atom. The van der Waals surface area contributed by atoms with Gasteiger partial charge in [-0.15, -0.1) is 0 Å². The maximum Gasteiger partial charge on any atom is 0.340 e. The van der Waals surface area contributed by atoms with E-state index in [0.717, 1.165) is 33.2 Å². The fourth-order valence-electron chi connectivity index (χ4n) is 4.59. The Kier molecular flexibility index (Phi) is 7.92. The summed E-state index contributed by atoms with van der Waals surface area (Å²) in [7, 11) is 0. The van der Waals surface area contributed by atoms with Crippen molar-refractivity contribution in [2.45, 2.75) is 27.2 Å². The topological polar surface area (TPSA) is 107 Å². The molecule has 5 rings (SSSR count). The first-order valence-corrected chi connectivity index (χ1v) is 13.2. The molecule has 8 nitrogen and oxygen atoms in total. The summed E-state index contributed by atoms with van der Waals surface area (Å²) in [5.74, 6) is 0.575. The first-order valence-electron chi connectivity index (χ1n) is 13.2. The number of nitro benzene ring substituents is 1. The molecule has 1 aromatic heterocycles. The van der Waals surface area contributed by atoms with E-state index in [0.29, 0.717) is 34.7 Å². The first kappa shape index (κ1) is 27.3. The van der Waals surface area contributed by atoms with Crippen LogP contribution in [0.25, 0.3) is 11.0 Å². The van der Waals surface area contributed by atoms with Crippen molar-refractivity contribution in [3.8, 4) is 5.75 Å². The maximum atomic E-state index is 13.0. The molecule has 0 amide bonds. The molecule has 0 atom stereocenters. The zero-order valence-electron chi connectivity index (χ0n) is 23.0. The second kappa shape index (κ2) is 11.9. The van der Waals surface area contributed by atoms with Crippen LogP contribution in [0, 0.1) is 30.9 Å². The molecule has 41 heavy (non-hydrogen) atoms. The molecule has 0 saturated heterocycles. The number of hydrazone groups is 1. The molecule has 5 aromatic rings. The van der Waals surface area contributed by atoms with Gasteiger partial charge in [-0.2, -0.15) is 5.10 Å². The highest BCUT2D eigenvalue weighted by molar-refractivity contribution is 6.02. The number of nitrogens with one attached hydrogen (secondary N) is 1. The van der Waals surface area contributed by atoms with Crippen molar-refractivity contribution < 1.29 is 14.1 Å². The zero-order valence-corrected chi connectivity index (χ0v) is 23.0. The van der Waals surface area contributed by atoms with E-state index in [1.807, 2.05) is 87.5 Å². The normalized spacial score (nSPS) is 11.4. The van der Waals surface area contributed by atoms with Crippen LogP contribution in [0.1, 0.15) is 33.4 Å². The van der Waals surface area contributed by atoms with Crippen LogP contribution in [0.4, 0.5) is 11.4 Å². The third-order valence-electron chi connectivity index (χ3n) is 7.03. The number of ether oxygens (including phenoxy) is 1. The maximum absolute atomic E-state index is 13.0. The predicted octanol–water partition coefficient (Wildman–Crippen LogP) is 7.11. The third-order valence-corrected chi connectivity index (χ3v) is 7.03. The number of aryl methyl sites for hydroxylation is 3. The summed E-state index contributed by atoms with van der Waals surface area (Å²) in [6.45, 7) is 5.95. The summed E-state index contributed by atoms with van der Waals surface area (Å²) in [5, 5.41) is 16.4. The van der Waals surface area contributed by atoms with Crippen molar-refractivity contribution in [3.63, 3.8) is 0 Å². The van der Waals surface area contributed by atoms with Gasteiger partial charge < -0.3 is 9.15 Å². The van der Waals surface area contributed by atoms with Gasteiger partial charge in [0.25, 0.3) is 5.69 Å². The molecule has 0 saturated carbocycles. The van der Waals surface area contributed by atoms with Crippen molar-refractivity contribution in [1.82, 2.24) is 0 Å². The standard InChI is InChI=1S/C33H29N3O5/c1-21-9-11-25(12-10-21)30(35-34-26-13-15-27(16-14-26)36(38)39)20-40-31-18-17-28-22(2)29(19-24-7-5-4-6-8-24)33(37)41-32(28)23(31)3/h4-18,34H,19-20H2,1-3H3/b35-30-. The minimum absolute atomic E-state index is 0.00229. The van der Waals surface area contributed by atoms with Crippen molar-refractivity contribution in [2.75, 3.05) is 12.0 Å². The van der Waals surface area contributed by atoms with E-state index in [4.69, 9.17) is 9.15 Å². The minimum atomic E-state index is -0.446. The summed E-state index contributed by atoms with van der Waals surface area (Å²) >= 11 is 0. The van der Waals surface area contributed by atoms with Gasteiger partial charge in [0.1, 0.15) is 23.7 Å². The van der Waals surface area contributed by atoms with Gasteiger partial charge in [0.15, 0.2) is 0 Å². The van der Waals surface area contributed by atoms with Gasteiger partial charge >= 0.3 is 5.63 Å². The molecule has 0 aliphatic carbocycles. The Morgan fingerprint density at radius 3 is 2.29 bits per heavy atom. The van der Waals surface area contributed by atoms with E-state index in [1.54, 1.807) is 12.1 Å². The third kappa shape index (κ3) is 6.17. The number of hydrogen-bond acceptors (Lipinski definition) is 7. The molecule has 0 fully saturated rings. The highest BCUT2D eigenvalue weighted by Gasteiger charge is 2.16. The summed E-state index contributed by atoms with van der Waals surface area (Å²) in [6, 6.07) is 27.6. The van der Waals surface area contributed by atoms with Gasteiger partial charge in [-0.3, -0.25) is 15.5 Å². The molecule has 1 N–H and O–H groups in total. The van der Waals surface area contributed by atoms with Gasteiger partial charge in [0, 0.05) is 40.6 Å². The number of benzene rings is 4. The van der Waals surface area contributed by atoms with Crippen LogP contribution in [-0.4, -0.2) is 17.2 Å². The van der Waals surface area contributed by atoms with Gasteiger partial charge in [-0.1, -0.05) is 60.2 Å². The number of non-ortho nitro benzene ring substituents is 1. The Balaban J connectivity index is 1.42. The lowest BCUT2D eigenvalue weighted by Crippen LogP contribution is -2.16. The van der Waals surface area contributed by atoms with Crippen LogP contribution in [0.2, 0.25) is 0 Å². The Labute approximate surface area is 237 Å². The summed E-state index contributed by atoms with van der Waals surface area (Å²) in [6.07, 6.45) is 0.500. The summed E-state index contributed by atoms with van der Waals surface area (Å²) in [4.78, 5) is 23.5. The molecule has 206 valence electrons. The molecular formula is C33H29N3O5. The van der Waals surface area contributed by atoms with Crippen LogP contribution in [0.15, 0.2) is 105 Å². The highest BCUT2D eigenvalue weighted by Crippen LogP contribution is 2.30. The minimum Gasteiger partial charge on any atom is -0.487 e. The summed E-state index contributed by atoms with van der Waals surface area (Å²) < 4.78 is 12.0. The lowest BCUT2D eigenvalue weighted by Gasteiger charge is -2.15. The molecule has 0 spiro atoms. The molecule has 0 aliphatic heterocycles. The van der Waals surface area contributed by atoms with E-state index < -0.39 is 4.92 Å². The van der Waals surface area contributed by atoms with Crippen LogP contribution < -0.4 is 15.8 Å². The van der Waals surface area contributed by atoms with Crippen LogP contribution in [0.3, 0.4) is 0 Å². The van der Waals surface area contributed by atoms with E-state index in [9.17, 15) is 14.9 Å². The second-order valence-electron chi connectivity index (χ2n) is 9.85. The Bertz CT molecular complexity index is 1790. The number of nitro groups is 1. The first-order chi connectivity index (χ1) is 19.8. The van der Waals surface area contributed by atoms with Crippen molar-refractivity contribution in [1.29, 1.82) is 0 Å². The lowest BCUT2D eigenvalue weighted by atomic mass is 9.98. The van der Waals surface area contributed by atoms with Crippen molar-refractivity contribution in [3.05, 3.63) is 145 Å². The highest BCUT2D eigenvalue weighted by atomic mass is 16.6.